The fraction of sp³-hybridized carbons (Fsp3) is 0.238. The van der Waals surface area contributed by atoms with Crippen LogP contribution in [0.25, 0.3) is 22.0 Å². The van der Waals surface area contributed by atoms with Crippen LogP contribution in [0.15, 0.2) is 48.5 Å². The first-order valence-electron chi connectivity index (χ1n) is 8.91. The maximum atomic E-state index is 13.7. The first-order chi connectivity index (χ1) is 13.4. The molecule has 0 aliphatic carbocycles. The van der Waals surface area contributed by atoms with Crippen LogP contribution < -0.4 is 4.90 Å². The zero-order valence-corrected chi connectivity index (χ0v) is 15.6. The maximum Gasteiger partial charge on any atom is 0.355 e. The number of fused-ring (bicyclic) bond motifs is 1. The molecule has 0 saturated carbocycles. The highest BCUT2D eigenvalue weighted by molar-refractivity contribution is 6.34. The SMILES string of the molecule is O=C(O)c1nc2ccccc2c(N2CCC(F)(F)CC2)c1-c1ccccc1Cl. The Morgan fingerprint density at radius 1 is 1.07 bits per heavy atom. The molecule has 28 heavy (non-hydrogen) atoms. The van der Waals surface area contributed by atoms with E-state index in [4.69, 9.17) is 11.6 Å². The molecule has 2 aromatic carbocycles. The van der Waals surface area contributed by atoms with Crippen LogP contribution >= 0.6 is 11.6 Å². The van der Waals surface area contributed by atoms with Gasteiger partial charge < -0.3 is 10.0 Å². The van der Waals surface area contributed by atoms with Crippen LogP contribution in [0.5, 0.6) is 0 Å². The summed E-state index contributed by atoms with van der Waals surface area (Å²) in [6.07, 6.45) is -0.567. The predicted molar refractivity (Wildman–Crippen MR) is 106 cm³/mol. The summed E-state index contributed by atoms with van der Waals surface area (Å²) in [6.45, 7) is 0.245. The summed E-state index contributed by atoms with van der Waals surface area (Å²) in [5.74, 6) is -3.90. The van der Waals surface area contributed by atoms with E-state index in [9.17, 15) is 18.7 Å². The third-order valence-electron chi connectivity index (χ3n) is 5.02. The average molecular weight is 403 g/mol. The van der Waals surface area contributed by atoms with Crippen molar-refractivity contribution < 1.29 is 18.7 Å². The monoisotopic (exact) mass is 402 g/mol. The lowest BCUT2D eigenvalue weighted by molar-refractivity contribution is -0.0220. The van der Waals surface area contributed by atoms with Crippen molar-refractivity contribution in [2.75, 3.05) is 18.0 Å². The second kappa shape index (κ2) is 7.02. The number of carboxylic acids is 1. The first kappa shape index (κ1) is 18.6. The van der Waals surface area contributed by atoms with Crippen molar-refractivity contribution in [1.29, 1.82) is 0 Å². The van der Waals surface area contributed by atoms with Crippen LogP contribution in [0, 0.1) is 0 Å². The second-order valence-electron chi connectivity index (χ2n) is 6.83. The summed E-state index contributed by atoms with van der Waals surface area (Å²) < 4.78 is 27.5. The summed E-state index contributed by atoms with van der Waals surface area (Å²) in [5, 5.41) is 10.9. The Morgan fingerprint density at radius 2 is 1.71 bits per heavy atom. The van der Waals surface area contributed by atoms with E-state index in [2.05, 4.69) is 4.98 Å². The number of pyridine rings is 1. The van der Waals surface area contributed by atoms with Crippen molar-refractivity contribution in [3.63, 3.8) is 0 Å². The van der Waals surface area contributed by atoms with E-state index in [-0.39, 0.29) is 31.6 Å². The molecule has 2 heterocycles. The second-order valence-corrected chi connectivity index (χ2v) is 7.24. The van der Waals surface area contributed by atoms with Gasteiger partial charge in [0.15, 0.2) is 5.69 Å². The zero-order valence-electron chi connectivity index (χ0n) is 14.8. The van der Waals surface area contributed by atoms with Gasteiger partial charge in [-0.1, -0.05) is 48.0 Å². The Hall–Kier alpha value is -2.73. The number of alkyl halides is 2. The van der Waals surface area contributed by atoms with Gasteiger partial charge in [0.1, 0.15) is 0 Å². The van der Waals surface area contributed by atoms with Gasteiger partial charge in [0.05, 0.1) is 11.2 Å². The highest BCUT2D eigenvalue weighted by Crippen LogP contribution is 2.43. The number of hydrogen-bond donors (Lipinski definition) is 1. The van der Waals surface area contributed by atoms with Crippen LogP contribution in [0.4, 0.5) is 14.5 Å². The van der Waals surface area contributed by atoms with Gasteiger partial charge in [-0.2, -0.15) is 0 Å². The molecule has 4 nitrogen and oxygen atoms in total. The van der Waals surface area contributed by atoms with Crippen molar-refractivity contribution in [3.8, 4) is 11.1 Å². The number of benzene rings is 2. The molecule has 4 rings (SSSR count). The van der Waals surface area contributed by atoms with E-state index in [1.54, 1.807) is 36.4 Å². The lowest BCUT2D eigenvalue weighted by Gasteiger charge is -2.35. The molecule has 3 aromatic rings. The fourth-order valence-corrected chi connectivity index (χ4v) is 3.88. The molecular formula is C21H17ClF2N2O2. The molecule has 144 valence electrons. The Balaban J connectivity index is 2.04. The van der Waals surface area contributed by atoms with E-state index < -0.39 is 11.9 Å². The lowest BCUT2D eigenvalue weighted by Crippen LogP contribution is -2.40. The fourth-order valence-electron chi connectivity index (χ4n) is 3.65. The summed E-state index contributed by atoms with van der Waals surface area (Å²) in [6, 6.07) is 14.1. The number of aromatic carboxylic acids is 1. The van der Waals surface area contributed by atoms with E-state index in [0.29, 0.717) is 32.7 Å². The molecule has 1 aliphatic rings. The molecule has 0 spiro atoms. The Morgan fingerprint density at radius 3 is 2.39 bits per heavy atom. The lowest BCUT2D eigenvalue weighted by atomic mass is 9.95. The Kier molecular flexibility index (Phi) is 4.67. The minimum Gasteiger partial charge on any atom is -0.476 e. The summed E-state index contributed by atoms with van der Waals surface area (Å²) in [7, 11) is 0. The van der Waals surface area contributed by atoms with Gasteiger partial charge in [-0.3, -0.25) is 0 Å². The van der Waals surface area contributed by atoms with Gasteiger partial charge in [0.2, 0.25) is 0 Å². The van der Waals surface area contributed by atoms with Gasteiger partial charge in [0, 0.05) is 47.5 Å². The van der Waals surface area contributed by atoms with Gasteiger partial charge >= 0.3 is 5.97 Å². The van der Waals surface area contributed by atoms with E-state index in [1.807, 2.05) is 17.0 Å². The molecule has 1 saturated heterocycles. The van der Waals surface area contributed by atoms with Crippen molar-refractivity contribution in [1.82, 2.24) is 4.98 Å². The number of para-hydroxylation sites is 1. The van der Waals surface area contributed by atoms with Gasteiger partial charge in [-0.05, 0) is 12.1 Å². The summed E-state index contributed by atoms with van der Waals surface area (Å²) >= 11 is 6.38. The highest BCUT2D eigenvalue weighted by atomic mass is 35.5. The quantitative estimate of drug-likeness (QED) is 0.629. The number of hydrogen-bond acceptors (Lipinski definition) is 3. The molecule has 0 unspecified atom stereocenters. The third kappa shape index (κ3) is 3.29. The van der Waals surface area contributed by atoms with Crippen LogP contribution in [0.3, 0.4) is 0 Å². The normalized spacial score (nSPS) is 16.3. The minimum atomic E-state index is -2.71. The topological polar surface area (TPSA) is 53.4 Å². The summed E-state index contributed by atoms with van der Waals surface area (Å²) in [4.78, 5) is 18.2. The molecule has 0 amide bonds. The predicted octanol–water partition coefficient (Wildman–Crippen LogP) is 5.49. The third-order valence-corrected chi connectivity index (χ3v) is 5.35. The van der Waals surface area contributed by atoms with Gasteiger partial charge in [0.25, 0.3) is 5.92 Å². The smallest absolute Gasteiger partial charge is 0.355 e. The van der Waals surface area contributed by atoms with Crippen LogP contribution in [0.2, 0.25) is 5.02 Å². The van der Waals surface area contributed by atoms with Crippen molar-refractivity contribution in [2.24, 2.45) is 0 Å². The van der Waals surface area contributed by atoms with Crippen molar-refractivity contribution in [3.05, 3.63) is 59.2 Å². The first-order valence-corrected chi connectivity index (χ1v) is 9.29. The summed E-state index contributed by atoms with van der Waals surface area (Å²) in [5.41, 5.74) is 1.84. The van der Waals surface area contributed by atoms with E-state index in [1.165, 1.54) is 0 Å². The highest BCUT2D eigenvalue weighted by Gasteiger charge is 2.36. The molecule has 1 aliphatic heterocycles. The number of aromatic nitrogens is 1. The minimum absolute atomic E-state index is 0.123. The van der Waals surface area contributed by atoms with E-state index in [0.717, 1.165) is 0 Å². The number of piperidine rings is 1. The number of carbonyl (C=O) groups is 1. The van der Waals surface area contributed by atoms with Crippen LogP contribution in [0.1, 0.15) is 23.3 Å². The molecule has 0 bridgehead atoms. The maximum absolute atomic E-state index is 13.7. The van der Waals surface area contributed by atoms with Gasteiger partial charge in [-0.25, -0.2) is 18.6 Å². The molecule has 1 N–H and O–H groups in total. The average Bonchev–Trinajstić information content (AvgIpc) is 2.67. The standard InChI is InChI=1S/C21H17ClF2N2O2/c22-15-7-3-1-5-13(15)17-18(20(27)28)25-16-8-4-2-6-14(16)19(17)26-11-9-21(23,24)10-12-26/h1-8H,9-12H2,(H,27,28). The van der Waals surface area contributed by atoms with Crippen molar-refractivity contribution >= 4 is 34.2 Å². The number of carboxylic acid groups (broad SMARTS) is 1. The number of rotatable bonds is 3. The molecule has 1 aromatic heterocycles. The largest absolute Gasteiger partial charge is 0.476 e. The van der Waals surface area contributed by atoms with E-state index >= 15 is 0 Å². The number of anilines is 1. The number of nitrogens with zero attached hydrogens (tertiary/aromatic N) is 2. The Labute approximate surface area is 165 Å². The van der Waals surface area contributed by atoms with Crippen LogP contribution in [-0.2, 0) is 0 Å². The van der Waals surface area contributed by atoms with Crippen LogP contribution in [-0.4, -0.2) is 35.1 Å². The molecule has 0 atom stereocenters. The molecule has 1 fully saturated rings. The van der Waals surface area contributed by atoms with Crippen molar-refractivity contribution in [2.45, 2.75) is 18.8 Å². The Bertz CT molecular complexity index is 1060. The molecular weight excluding hydrogens is 386 g/mol. The molecule has 0 radical (unpaired) electrons. The molecule has 7 heteroatoms. The van der Waals surface area contributed by atoms with Gasteiger partial charge in [-0.15, -0.1) is 0 Å². The zero-order chi connectivity index (χ0) is 19.9. The number of halogens is 3.